The van der Waals surface area contributed by atoms with E-state index in [-0.39, 0.29) is 11.4 Å². The van der Waals surface area contributed by atoms with Crippen LogP contribution < -0.4 is 11.1 Å². The fraction of sp³-hybridized carbons (Fsp3) is 0.0909. The number of thiazole rings is 1. The van der Waals surface area contributed by atoms with Gasteiger partial charge in [-0.1, -0.05) is 0 Å². The van der Waals surface area contributed by atoms with Gasteiger partial charge in [0.05, 0.1) is 22.6 Å². The highest BCUT2D eigenvalue weighted by molar-refractivity contribution is 7.12. The molecule has 4 nitrogen and oxygen atoms in total. The Morgan fingerprint density at radius 3 is 2.72 bits per heavy atom. The molecular weight excluding hydrogens is 260 g/mol. The van der Waals surface area contributed by atoms with Crippen LogP contribution in [0.5, 0.6) is 0 Å². The third kappa shape index (κ3) is 2.30. The summed E-state index contributed by atoms with van der Waals surface area (Å²) in [7, 11) is 0. The second kappa shape index (κ2) is 4.69. The van der Waals surface area contributed by atoms with E-state index in [0.717, 1.165) is 17.4 Å². The van der Waals surface area contributed by atoms with Gasteiger partial charge in [-0.15, -0.1) is 11.3 Å². The van der Waals surface area contributed by atoms with Crippen LogP contribution in [0.15, 0.2) is 17.6 Å². The number of anilines is 2. The van der Waals surface area contributed by atoms with Gasteiger partial charge >= 0.3 is 0 Å². The fourth-order valence-corrected chi connectivity index (χ4v) is 2.06. The summed E-state index contributed by atoms with van der Waals surface area (Å²) in [5, 5.41) is 2.33. The second-order valence-electron chi connectivity index (χ2n) is 3.57. The Morgan fingerprint density at radius 1 is 1.39 bits per heavy atom. The number of halogens is 2. The molecule has 1 amide bonds. The van der Waals surface area contributed by atoms with Crippen molar-refractivity contribution in [1.29, 1.82) is 0 Å². The van der Waals surface area contributed by atoms with Crippen LogP contribution in [0.4, 0.5) is 20.2 Å². The molecule has 0 radical (unpaired) electrons. The first kappa shape index (κ1) is 12.4. The summed E-state index contributed by atoms with van der Waals surface area (Å²) in [5.74, 6) is -2.24. The van der Waals surface area contributed by atoms with Gasteiger partial charge in [0, 0.05) is 6.07 Å². The lowest BCUT2D eigenvalue weighted by Crippen LogP contribution is -2.13. The predicted molar refractivity (Wildman–Crippen MR) is 65.6 cm³/mol. The molecule has 0 unspecified atom stereocenters. The third-order valence-corrected chi connectivity index (χ3v) is 3.21. The summed E-state index contributed by atoms with van der Waals surface area (Å²) < 4.78 is 26.4. The van der Waals surface area contributed by atoms with E-state index in [2.05, 4.69) is 10.3 Å². The first-order chi connectivity index (χ1) is 8.49. The van der Waals surface area contributed by atoms with E-state index in [1.807, 2.05) is 0 Å². The first-order valence-corrected chi connectivity index (χ1v) is 5.83. The molecule has 0 spiro atoms. The fourth-order valence-electron chi connectivity index (χ4n) is 1.36. The van der Waals surface area contributed by atoms with Crippen molar-refractivity contribution in [3.05, 3.63) is 39.8 Å². The standard InChI is InChI=1S/C11H9F2N3OS/c1-5-10(18-4-15-5)11(17)16-9-3-8(14)6(12)2-7(9)13/h2-4H,14H2,1H3,(H,16,17). The molecule has 0 saturated heterocycles. The highest BCUT2D eigenvalue weighted by Crippen LogP contribution is 2.22. The van der Waals surface area contributed by atoms with Gasteiger partial charge in [0.2, 0.25) is 0 Å². The lowest BCUT2D eigenvalue weighted by Gasteiger charge is -2.07. The smallest absolute Gasteiger partial charge is 0.267 e. The maximum absolute atomic E-state index is 13.4. The van der Waals surface area contributed by atoms with Crippen LogP contribution in [0.1, 0.15) is 15.4 Å². The quantitative estimate of drug-likeness (QED) is 0.823. The number of aromatic nitrogens is 1. The van der Waals surface area contributed by atoms with Gasteiger partial charge in [-0.3, -0.25) is 4.79 Å². The minimum atomic E-state index is -0.878. The molecule has 2 rings (SSSR count). The summed E-state index contributed by atoms with van der Waals surface area (Å²) in [4.78, 5) is 16.1. The number of nitrogens with zero attached hydrogens (tertiary/aromatic N) is 1. The lowest BCUT2D eigenvalue weighted by atomic mass is 10.2. The second-order valence-corrected chi connectivity index (χ2v) is 4.43. The maximum Gasteiger partial charge on any atom is 0.267 e. The zero-order chi connectivity index (χ0) is 13.3. The van der Waals surface area contributed by atoms with Gasteiger partial charge in [-0.25, -0.2) is 13.8 Å². The van der Waals surface area contributed by atoms with Crippen LogP contribution in [-0.4, -0.2) is 10.9 Å². The Bertz CT molecular complexity index is 612. The van der Waals surface area contributed by atoms with Gasteiger partial charge in [0.15, 0.2) is 0 Å². The molecule has 18 heavy (non-hydrogen) atoms. The third-order valence-electron chi connectivity index (χ3n) is 2.29. The summed E-state index contributed by atoms with van der Waals surface area (Å²) in [5.41, 5.74) is 6.98. The molecule has 0 aliphatic rings. The van der Waals surface area contributed by atoms with Crippen LogP contribution in [0.3, 0.4) is 0 Å². The minimum absolute atomic E-state index is 0.160. The van der Waals surface area contributed by atoms with E-state index in [4.69, 9.17) is 5.73 Å². The van der Waals surface area contributed by atoms with Crippen LogP contribution in [0.2, 0.25) is 0 Å². The van der Waals surface area contributed by atoms with Gasteiger partial charge in [0.25, 0.3) is 5.91 Å². The Kier molecular flexibility index (Phi) is 3.24. The van der Waals surface area contributed by atoms with Crippen molar-refractivity contribution in [2.45, 2.75) is 6.92 Å². The highest BCUT2D eigenvalue weighted by atomic mass is 32.1. The van der Waals surface area contributed by atoms with Crippen LogP contribution in [0.25, 0.3) is 0 Å². The van der Waals surface area contributed by atoms with E-state index in [9.17, 15) is 13.6 Å². The Labute approximate surface area is 105 Å². The first-order valence-electron chi connectivity index (χ1n) is 4.95. The largest absolute Gasteiger partial charge is 0.396 e. The Balaban J connectivity index is 2.28. The molecule has 3 N–H and O–H groups in total. The summed E-state index contributed by atoms with van der Waals surface area (Å²) in [6.07, 6.45) is 0. The summed E-state index contributed by atoms with van der Waals surface area (Å²) in [6, 6.07) is 1.67. The van der Waals surface area contributed by atoms with E-state index < -0.39 is 17.5 Å². The molecule has 1 aromatic carbocycles. The monoisotopic (exact) mass is 269 g/mol. The van der Waals surface area contributed by atoms with Crippen molar-refractivity contribution in [3.63, 3.8) is 0 Å². The number of amides is 1. The minimum Gasteiger partial charge on any atom is -0.396 e. The van der Waals surface area contributed by atoms with E-state index >= 15 is 0 Å². The van der Waals surface area contributed by atoms with Crippen molar-refractivity contribution in [2.24, 2.45) is 0 Å². The molecule has 1 aromatic heterocycles. The van der Waals surface area contributed by atoms with Crippen molar-refractivity contribution in [1.82, 2.24) is 4.98 Å². The normalized spacial score (nSPS) is 10.4. The number of hydrogen-bond acceptors (Lipinski definition) is 4. The van der Waals surface area contributed by atoms with Crippen molar-refractivity contribution < 1.29 is 13.6 Å². The number of aryl methyl sites for hydroxylation is 1. The Morgan fingerprint density at radius 2 is 2.11 bits per heavy atom. The number of hydrogen-bond donors (Lipinski definition) is 2. The number of nitrogen functional groups attached to an aromatic ring is 1. The molecule has 0 atom stereocenters. The molecule has 0 fully saturated rings. The molecule has 0 bridgehead atoms. The summed E-state index contributed by atoms with van der Waals surface area (Å²) in [6.45, 7) is 1.67. The topological polar surface area (TPSA) is 68.0 Å². The van der Waals surface area contributed by atoms with Gasteiger partial charge < -0.3 is 11.1 Å². The highest BCUT2D eigenvalue weighted by Gasteiger charge is 2.15. The van der Waals surface area contributed by atoms with E-state index in [1.165, 1.54) is 5.51 Å². The molecule has 7 heteroatoms. The van der Waals surface area contributed by atoms with Gasteiger partial charge in [-0.2, -0.15) is 0 Å². The predicted octanol–water partition coefficient (Wildman–Crippen LogP) is 2.56. The average Bonchev–Trinajstić information content (AvgIpc) is 2.72. The number of carbonyl (C=O) groups excluding carboxylic acids is 1. The number of carbonyl (C=O) groups is 1. The van der Waals surface area contributed by atoms with Crippen LogP contribution in [0, 0.1) is 18.6 Å². The number of benzene rings is 1. The van der Waals surface area contributed by atoms with E-state index in [1.54, 1.807) is 6.92 Å². The van der Waals surface area contributed by atoms with Crippen LogP contribution >= 0.6 is 11.3 Å². The SMILES string of the molecule is Cc1ncsc1C(=O)Nc1cc(N)c(F)cc1F. The molecule has 0 aliphatic carbocycles. The molecule has 0 saturated carbocycles. The number of nitrogens with one attached hydrogen (secondary N) is 1. The number of nitrogens with two attached hydrogens (primary N) is 1. The van der Waals surface area contributed by atoms with Crippen molar-refractivity contribution in [3.8, 4) is 0 Å². The zero-order valence-electron chi connectivity index (χ0n) is 9.33. The van der Waals surface area contributed by atoms with Crippen molar-refractivity contribution in [2.75, 3.05) is 11.1 Å². The van der Waals surface area contributed by atoms with Gasteiger partial charge in [0.1, 0.15) is 16.5 Å². The van der Waals surface area contributed by atoms with Gasteiger partial charge in [-0.05, 0) is 13.0 Å². The zero-order valence-corrected chi connectivity index (χ0v) is 10.1. The maximum atomic E-state index is 13.4. The number of rotatable bonds is 2. The molecular formula is C11H9F2N3OS. The van der Waals surface area contributed by atoms with Crippen LogP contribution in [-0.2, 0) is 0 Å². The summed E-state index contributed by atoms with van der Waals surface area (Å²) >= 11 is 1.14. The Hall–Kier alpha value is -2.02. The lowest BCUT2D eigenvalue weighted by molar-refractivity contribution is 0.102. The van der Waals surface area contributed by atoms with Crippen molar-refractivity contribution >= 4 is 28.6 Å². The molecule has 1 heterocycles. The molecule has 2 aromatic rings. The average molecular weight is 269 g/mol. The molecule has 0 aliphatic heterocycles. The van der Waals surface area contributed by atoms with E-state index in [0.29, 0.717) is 16.6 Å². The molecule has 94 valence electrons.